The number of nitrogens with zero attached hydrogens (tertiary/aromatic N) is 3. The Balaban J connectivity index is 1.46. The molecule has 0 saturated carbocycles. The molecule has 4 heterocycles. The van der Waals surface area contributed by atoms with E-state index in [0.29, 0.717) is 35.0 Å². The van der Waals surface area contributed by atoms with Crippen molar-refractivity contribution >= 4 is 28.6 Å². The number of ether oxygens (including phenoxy) is 1. The van der Waals surface area contributed by atoms with Crippen molar-refractivity contribution < 1.29 is 9.53 Å². The lowest BCUT2D eigenvalue weighted by Gasteiger charge is -2.08. The van der Waals surface area contributed by atoms with E-state index >= 15 is 0 Å². The lowest BCUT2D eigenvalue weighted by Crippen LogP contribution is -1.96. The number of hydrogen-bond acceptors (Lipinski definition) is 6. The van der Waals surface area contributed by atoms with Crippen molar-refractivity contribution in [3.05, 3.63) is 94.4 Å². The summed E-state index contributed by atoms with van der Waals surface area (Å²) in [5, 5.41) is 3.96. The van der Waals surface area contributed by atoms with Gasteiger partial charge in [-0.25, -0.2) is 4.98 Å². The number of benzene rings is 1. The first-order valence-electron chi connectivity index (χ1n) is 11.7. The Kier molecular flexibility index (Phi) is 7.94. The summed E-state index contributed by atoms with van der Waals surface area (Å²) in [6.45, 7) is 0.379. The van der Waals surface area contributed by atoms with Gasteiger partial charge in [0.25, 0.3) is 6.47 Å². The maximum atomic E-state index is 11.1. The number of carbonyl (C=O) groups excluding carboxylic acids is 1. The molecule has 0 bridgehead atoms. The van der Waals surface area contributed by atoms with E-state index in [4.69, 9.17) is 16.1 Å². The Morgan fingerprint density at radius 3 is 2.38 bits per heavy atom. The van der Waals surface area contributed by atoms with Gasteiger partial charge in [0.2, 0.25) is 0 Å². The van der Waals surface area contributed by atoms with Crippen LogP contribution < -0.4 is 4.74 Å². The third kappa shape index (κ3) is 6.23. The maximum absolute atomic E-state index is 11.1. The summed E-state index contributed by atoms with van der Waals surface area (Å²) in [6, 6.07) is 18.7. The van der Waals surface area contributed by atoms with Crippen LogP contribution in [0.2, 0.25) is 0 Å². The Bertz CT molecular complexity index is 2060. The van der Waals surface area contributed by atoms with Gasteiger partial charge in [0.05, 0.1) is 33.2 Å². The molecule has 1 aromatic carbocycles. The molecule has 0 N–H and O–H groups in total. The molecule has 40 heavy (non-hydrogen) atoms. The summed E-state index contributed by atoms with van der Waals surface area (Å²) in [7, 11) is 0. The molecule has 0 spiro atoms. The van der Waals surface area contributed by atoms with E-state index in [1.165, 1.54) is 11.3 Å². The number of fused-ring (bicyclic) bond motifs is 1. The fourth-order valence-electron chi connectivity index (χ4n) is 3.63. The minimum Gasteiger partial charge on any atom is -0.429 e. The van der Waals surface area contributed by atoms with Gasteiger partial charge in [0.15, 0.2) is 0 Å². The van der Waals surface area contributed by atoms with Gasteiger partial charge in [-0.05, 0) is 76.5 Å². The van der Waals surface area contributed by atoms with E-state index in [0.717, 1.165) is 26.8 Å². The summed E-state index contributed by atoms with van der Waals surface area (Å²) in [4.78, 5) is 25.7. The SMILES string of the molecule is C#CC#CC#CC#Cc1ccsc1C#Cc1ccnc(-c2cc(OC=O)cc(-c3cc4ccccc4cn3)n2)c1. The molecule has 184 valence electrons. The van der Waals surface area contributed by atoms with E-state index in [2.05, 4.69) is 63.3 Å². The van der Waals surface area contributed by atoms with Crippen molar-refractivity contribution in [3.8, 4) is 88.2 Å². The molecule has 5 rings (SSSR count). The first-order valence-corrected chi connectivity index (χ1v) is 12.6. The average Bonchev–Trinajstić information content (AvgIpc) is 3.45. The van der Waals surface area contributed by atoms with Crippen LogP contribution in [-0.4, -0.2) is 21.4 Å². The molecule has 6 heteroatoms. The highest BCUT2D eigenvalue weighted by molar-refractivity contribution is 7.10. The Hall–Kier alpha value is -6.10. The molecule has 0 aliphatic carbocycles. The molecule has 5 nitrogen and oxygen atoms in total. The summed E-state index contributed by atoms with van der Waals surface area (Å²) in [6.07, 6.45) is 8.51. The molecule has 0 amide bonds. The molecule has 0 atom stereocenters. The first kappa shape index (κ1) is 25.5. The Labute approximate surface area is 235 Å². The van der Waals surface area contributed by atoms with Gasteiger partial charge in [-0.2, -0.15) is 0 Å². The highest BCUT2D eigenvalue weighted by Gasteiger charge is 2.11. The second kappa shape index (κ2) is 12.4. The van der Waals surface area contributed by atoms with Crippen LogP contribution in [0.3, 0.4) is 0 Å². The quantitative estimate of drug-likeness (QED) is 0.232. The average molecular weight is 530 g/mol. The highest BCUT2D eigenvalue weighted by Crippen LogP contribution is 2.28. The molecule has 0 saturated heterocycles. The Morgan fingerprint density at radius 1 is 0.775 bits per heavy atom. The summed E-state index contributed by atoms with van der Waals surface area (Å²) in [5.41, 5.74) is 3.79. The van der Waals surface area contributed by atoms with E-state index < -0.39 is 0 Å². The number of aromatic nitrogens is 3. The lowest BCUT2D eigenvalue weighted by atomic mass is 10.1. The fourth-order valence-corrected chi connectivity index (χ4v) is 4.32. The number of terminal acetylenes is 1. The highest BCUT2D eigenvalue weighted by atomic mass is 32.1. The predicted molar refractivity (Wildman–Crippen MR) is 156 cm³/mol. The van der Waals surface area contributed by atoms with Gasteiger partial charge in [0.1, 0.15) is 5.75 Å². The zero-order valence-corrected chi connectivity index (χ0v) is 21.5. The Morgan fingerprint density at radius 2 is 1.55 bits per heavy atom. The minimum absolute atomic E-state index is 0.332. The van der Waals surface area contributed by atoms with Crippen molar-refractivity contribution in [2.24, 2.45) is 0 Å². The zero-order chi connectivity index (χ0) is 27.6. The number of pyridine rings is 3. The first-order chi connectivity index (χ1) is 19.7. The van der Waals surface area contributed by atoms with Gasteiger partial charge >= 0.3 is 0 Å². The van der Waals surface area contributed by atoms with Crippen molar-refractivity contribution in [1.29, 1.82) is 0 Å². The van der Waals surface area contributed by atoms with Gasteiger partial charge in [0, 0.05) is 35.5 Å². The predicted octanol–water partition coefficient (Wildman–Crippen LogP) is 5.35. The third-order valence-corrected chi connectivity index (χ3v) is 6.23. The number of thiophene rings is 1. The fraction of sp³-hybridized carbons (Fsp3) is 0. The van der Waals surface area contributed by atoms with E-state index in [1.54, 1.807) is 24.5 Å². The monoisotopic (exact) mass is 529 g/mol. The van der Waals surface area contributed by atoms with Crippen LogP contribution in [0, 0.1) is 59.7 Å². The maximum Gasteiger partial charge on any atom is 0.298 e. The van der Waals surface area contributed by atoms with Crippen LogP contribution in [0.1, 0.15) is 16.0 Å². The molecule has 0 aliphatic rings. The number of rotatable bonds is 4. The smallest absolute Gasteiger partial charge is 0.298 e. The number of hydrogen-bond donors (Lipinski definition) is 0. The van der Waals surface area contributed by atoms with Crippen molar-refractivity contribution in [3.63, 3.8) is 0 Å². The van der Waals surface area contributed by atoms with Crippen LogP contribution in [0.25, 0.3) is 33.5 Å². The third-order valence-electron chi connectivity index (χ3n) is 5.40. The van der Waals surface area contributed by atoms with Crippen LogP contribution in [0.5, 0.6) is 5.75 Å². The van der Waals surface area contributed by atoms with Gasteiger partial charge in [-0.1, -0.05) is 36.1 Å². The standard InChI is InChI=1S/C34H15N3O2S/c1-2-3-4-5-6-7-10-26-16-18-40-34(26)14-13-25-15-17-35-30(19-25)32-21-29(39-24-38)22-33(37-32)31-20-27-11-8-9-12-28(27)23-36-31/h1,8-9,11-12,15-24H. The van der Waals surface area contributed by atoms with Crippen LogP contribution in [0.4, 0.5) is 0 Å². The summed E-state index contributed by atoms with van der Waals surface area (Å²) in [5.74, 6) is 24.8. The van der Waals surface area contributed by atoms with Crippen LogP contribution >= 0.6 is 11.3 Å². The molecule has 4 aromatic heterocycles. The van der Waals surface area contributed by atoms with E-state index in [1.807, 2.05) is 53.9 Å². The second-order valence-electron chi connectivity index (χ2n) is 7.94. The van der Waals surface area contributed by atoms with Crippen molar-refractivity contribution in [2.75, 3.05) is 0 Å². The molecular formula is C34H15N3O2S. The molecule has 5 aromatic rings. The van der Waals surface area contributed by atoms with Gasteiger partial charge in [-0.15, -0.1) is 17.8 Å². The van der Waals surface area contributed by atoms with E-state index in [9.17, 15) is 4.79 Å². The summed E-state index contributed by atoms with van der Waals surface area (Å²) >= 11 is 1.49. The van der Waals surface area contributed by atoms with Crippen molar-refractivity contribution in [1.82, 2.24) is 15.0 Å². The second-order valence-corrected chi connectivity index (χ2v) is 8.86. The number of carbonyl (C=O) groups is 1. The van der Waals surface area contributed by atoms with Gasteiger partial charge in [-0.3, -0.25) is 14.8 Å². The van der Waals surface area contributed by atoms with Crippen LogP contribution in [-0.2, 0) is 4.79 Å². The molecule has 0 unspecified atom stereocenters. The topological polar surface area (TPSA) is 65.0 Å². The zero-order valence-electron chi connectivity index (χ0n) is 20.7. The van der Waals surface area contributed by atoms with Gasteiger partial charge < -0.3 is 4.74 Å². The lowest BCUT2D eigenvalue weighted by molar-refractivity contribution is -0.120. The molecule has 0 radical (unpaired) electrons. The van der Waals surface area contributed by atoms with Crippen LogP contribution in [0.15, 0.2) is 78.4 Å². The normalized spacial score (nSPS) is 9.28. The van der Waals surface area contributed by atoms with E-state index in [-0.39, 0.29) is 0 Å². The molecule has 0 fully saturated rings. The minimum atomic E-state index is 0.332. The summed E-state index contributed by atoms with van der Waals surface area (Å²) < 4.78 is 5.18. The van der Waals surface area contributed by atoms with Crippen molar-refractivity contribution in [2.45, 2.75) is 0 Å². The largest absolute Gasteiger partial charge is 0.429 e. The molecular weight excluding hydrogens is 514 g/mol. The molecule has 0 aliphatic heterocycles.